The number of benzene rings is 3. The predicted molar refractivity (Wildman–Crippen MR) is 123 cm³/mol. The number of amides is 1. The molecule has 0 bridgehead atoms. The summed E-state index contributed by atoms with van der Waals surface area (Å²) in [6, 6.07) is 23.7. The summed E-state index contributed by atoms with van der Waals surface area (Å²) >= 11 is 0. The molecular formula is C24H21N3O4S. The van der Waals surface area contributed by atoms with Gasteiger partial charge in [-0.2, -0.15) is 0 Å². The van der Waals surface area contributed by atoms with Crippen molar-refractivity contribution in [2.75, 3.05) is 17.7 Å². The molecule has 0 aliphatic rings. The van der Waals surface area contributed by atoms with Crippen molar-refractivity contribution in [3.05, 3.63) is 78.9 Å². The highest BCUT2D eigenvalue weighted by Crippen LogP contribution is 2.22. The molecule has 4 aromatic rings. The Morgan fingerprint density at radius 2 is 1.72 bits per heavy atom. The fourth-order valence-corrected chi connectivity index (χ4v) is 3.88. The predicted octanol–water partition coefficient (Wildman–Crippen LogP) is 4.11. The van der Waals surface area contributed by atoms with Crippen LogP contribution in [0.3, 0.4) is 0 Å². The molecule has 1 heterocycles. The largest absolute Gasteiger partial charge is 0.484 e. The molecule has 1 aromatic heterocycles. The Morgan fingerprint density at radius 3 is 2.47 bits per heavy atom. The minimum Gasteiger partial charge on any atom is -0.484 e. The van der Waals surface area contributed by atoms with Crippen molar-refractivity contribution in [1.82, 2.24) is 10.2 Å². The van der Waals surface area contributed by atoms with Crippen LogP contribution in [0.1, 0.15) is 6.92 Å². The lowest BCUT2D eigenvalue weighted by atomic mass is 10.1. The number of hydrogen-bond donors (Lipinski definition) is 1. The van der Waals surface area contributed by atoms with Crippen LogP contribution in [0.5, 0.6) is 5.75 Å². The molecule has 0 aliphatic carbocycles. The Morgan fingerprint density at radius 1 is 0.906 bits per heavy atom. The second-order valence-corrected chi connectivity index (χ2v) is 9.31. The summed E-state index contributed by atoms with van der Waals surface area (Å²) in [4.78, 5) is 12.4. The molecule has 0 radical (unpaired) electrons. The van der Waals surface area contributed by atoms with Gasteiger partial charge in [-0.05, 0) is 47.2 Å². The summed E-state index contributed by atoms with van der Waals surface area (Å²) in [5.74, 6) is 0.278. The number of carbonyl (C=O) groups excluding carboxylic acids is 1. The van der Waals surface area contributed by atoms with E-state index in [1.54, 1.807) is 37.3 Å². The standard InChI is InChI=1S/C24H21N3O4S/c1-2-32(29,30)24-13-12-22(26-27-24)19-8-5-9-20(14-19)25-23(28)16-31-21-11-10-17-6-3-4-7-18(17)15-21/h3-15H,2,16H2,1H3,(H,25,28). The van der Waals surface area contributed by atoms with Gasteiger partial charge in [-0.25, -0.2) is 8.42 Å². The number of sulfone groups is 1. The molecule has 3 aromatic carbocycles. The van der Waals surface area contributed by atoms with Crippen LogP contribution in [-0.4, -0.2) is 36.9 Å². The molecule has 7 nitrogen and oxygen atoms in total. The van der Waals surface area contributed by atoms with Crippen LogP contribution in [0, 0.1) is 0 Å². The number of nitrogens with zero attached hydrogens (tertiary/aromatic N) is 2. The quantitative estimate of drug-likeness (QED) is 0.458. The van der Waals surface area contributed by atoms with E-state index in [4.69, 9.17) is 4.74 Å². The first-order valence-electron chi connectivity index (χ1n) is 10.0. The molecule has 1 amide bonds. The summed E-state index contributed by atoms with van der Waals surface area (Å²) in [7, 11) is -3.41. The fourth-order valence-electron chi connectivity index (χ4n) is 3.15. The maximum Gasteiger partial charge on any atom is 0.262 e. The van der Waals surface area contributed by atoms with E-state index in [2.05, 4.69) is 15.5 Å². The van der Waals surface area contributed by atoms with Gasteiger partial charge < -0.3 is 10.1 Å². The van der Waals surface area contributed by atoms with Crippen molar-refractivity contribution in [3.63, 3.8) is 0 Å². The third-order valence-electron chi connectivity index (χ3n) is 4.87. The third-order valence-corrected chi connectivity index (χ3v) is 6.49. The topological polar surface area (TPSA) is 98.2 Å². The Kier molecular flexibility index (Phi) is 6.13. The molecule has 8 heteroatoms. The Labute approximate surface area is 186 Å². The molecule has 0 fully saturated rings. The highest BCUT2D eigenvalue weighted by atomic mass is 32.2. The molecule has 162 valence electrons. The first-order valence-corrected chi connectivity index (χ1v) is 11.7. The molecule has 1 N–H and O–H groups in total. The van der Waals surface area contributed by atoms with Gasteiger partial charge in [0, 0.05) is 11.3 Å². The summed E-state index contributed by atoms with van der Waals surface area (Å²) in [5.41, 5.74) is 1.77. The highest BCUT2D eigenvalue weighted by molar-refractivity contribution is 7.91. The van der Waals surface area contributed by atoms with Gasteiger partial charge in [0.05, 0.1) is 11.4 Å². The Balaban J connectivity index is 1.41. The Hall–Kier alpha value is -3.78. The lowest BCUT2D eigenvalue weighted by Crippen LogP contribution is -2.20. The second-order valence-electron chi connectivity index (χ2n) is 7.09. The van der Waals surface area contributed by atoms with E-state index in [9.17, 15) is 13.2 Å². The summed E-state index contributed by atoms with van der Waals surface area (Å²) in [6.07, 6.45) is 0. The van der Waals surface area contributed by atoms with E-state index in [-0.39, 0.29) is 23.3 Å². The summed E-state index contributed by atoms with van der Waals surface area (Å²) < 4.78 is 29.4. The number of nitrogens with one attached hydrogen (secondary N) is 1. The number of carbonyl (C=O) groups is 1. The number of hydrogen-bond acceptors (Lipinski definition) is 6. The zero-order valence-corrected chi connectivity index (χ0v) is 18.2. The zero-order chi connectivity index (χ0) is 22.6. The van der Waals surface area contributed by atoms with E-state index in [0.29, 0.717) is 22.7 Å². The SMILES string of the molecule is CCS(=O)(=O)c1ccc(-c2cccc(NC(=O)COc3ccc4ccccc4c3)c2)nn1. The van der Waals surface area contributed by atoms with Crippen molar-refractivity contribution in [1.29, 1.82) is 0 Å². The minimum absolute atomic E-state index is 0.0379. The minimum atomic E-state index is -3.41. The van der Waals surface area contributed by atoms with Gasteiger partial charge in [0.1, 0.15) is 5.75 Å². The van der Waals surface area contributed by atoms with Gasteiger partial charge in [-0.3, -0.25) is 4.79 Å². The van der Waals surface area contributed by atoms with Gasteiger partial charge in [0.25, 0.3) is 5.91 Å². The van der Waals surface area contributed by atoms with Crippen LogP contribution in [0.2, 0.25) is 0 Å². The average molecular weight is 448 g/mol. The Bertz CT molecular complexity index is 1370. The monoisotopic (exact) mass is 447 g/mol. The van der Waals surface area contributed by atoms with E-state index < -0.39 is 9.84 Å². The van der Waals surface area contributed by atoms with Gasteiger partial charge in [0.15, 0.2) is 21.5 Å². The normalized spacial score (nSPS) is 11.3. The lowest BCUT2D eigenvalue weighted by Gasteiger charge is -2.09. The van der Waals surface area contributed by atoms with Gasteiger partial charge in [0.2, 0.25) is 0 Å². The maximum absolute atomic E-state index is 12.4. The van der Waals surface area contributed by atoms with Crippen molar-refractivity contribution in [2.45, 2.75) is 11.9 Å². The first-order chi connectivity index (χ1) is 15.4. The van der Waals surface area contributed by atoms with Crippen molar-refractivity contribution >= 4 is 32.2 Å². The number of aromatic nitrogens is 2. The number of ether oxygens (including phenoxy) is 1. The van der Waals surface area contributed by atoms with Crippen LogP contribution in [-0.2, 0) is 14.6 Å². The van der Waals surface area contributed by atoms with Gasteiger partial charge in [-0.1, -0.05) is 49.4 Å². The van der Waals surface area contributed by atoms with Crippen LogP contribution in [0.25, 0.3) is 22.0 Å². The van der Waals surface area contributed by atoms with E-state index in [0.717, 1.165) is 10.8 Å². The highest BCUT2D eigenvalue weighted by Gasteiger charge is 2.14. The molecule has 32 heavy (non-hydrogen) atoms. The average Bonchev–Trinajstić information content (AvgIpc) is 2.83. The zero-order valence-electron chi connectivity index (χ0n) is 17.4. The molecule has 0 unspecified atom stereocenters. The van der Waals surface area contributed by atoms with Crippen molar-refractivity contribution < 1.29 is 17.9 Å². The summed E-state index contributed by atoms with van der Waals surface area (Å²) in [5, 5.41) is 12.7. The second kappa shape index (κ2) is 9.15. The van der Waals surface area contributed by atoms with E-state index in [1.807, 2.05) is 42.5 Å². The van der Waals surface area contributed by atoms with Crippen molar-refractivity contribution in [3.8, 4) is 17.0 Å². The van der Waals surface area contributed by atoms with E-state index >= 15 is 0 Å². The molecule has 0 spiro atoms. The smallest absolute Gasteiger partial charge is 0.262 e. The number of anilines is 1. The van der Waals surface area contributed by atoms with Crippen LogP contribution >= 0.6 is 0 Å². The molecule has 0 saturated carbocycles. The van der Waals surface area contributed by atoms with Crippen LogP contribution < -0.4 is 10.1 Å². The lowest BCUT2D eigenvalue weighted by molar-refractivity contribution is -0.118. The summed E-state index contributed by atoms with van der Waals surface area (Å²) in [6.45, 7) is 1.42. The maximum atomic E-state index is 12.4. The number of rotatable bonds is 7. The number of fused-ring (bicyclic) bond motifs is 1. The van der Waals surface area contributed by atoms with Crippen molar-refractivity contribution in [2.24, 2.45) is 0 Å². The molecular weight excluding hydrogens is 426 g/mol. The molecule has 0 aliphatic heterocycles. The van der Waals surface area contributed by atoms with E-state index in [1.165, 1.54) is 6.07 Å². The van der Waals surface area contributed by atoms with Gasteiger partial charge in [-0.15, -0.1) is 10.2 Å². The molecule has 0 atom stereocenters. The fraction of sp³-hybridized carbons (Fsp3) is 0.125. The third kappa shape index (κ3) is 4.92. The first kappa shape index (κ1) is 21.5. The van der Waals surface area contributed by atoms with Crippen LogP contribution in [0.15, 0.2) is 83.9 Å². The van der Waals surface area contributed by atoms with Gasteiger partial charge >= 0.3 is 0 Å². The molecule has 0 saturated heterocycles. The molecule has 4 rings (SSSR count). The van der Waals surface area contributed by atoms with Crippen LogP contribution in [0.4, 0.5) is 5.69 Å².